The zero-order valence-corrected chi connectivity index (χ0v) is 13.4. The Kier molecular flexibility index (Phi) is 6.97. The van der Waals surface area contributed by atoms with Crippen molar-refractivity contribution in [3.63, 3.8) is 0 Å². The molecule has 1 heterocycles. The second-order valence-electron chi connectivity index (χ2n) is 5.57. The normalized spacial score (nSPS) is 22.1. The first-order valence-corrected chi connectivity index (χ1v) is 7.81. The van der Waals surface area contributed by atoms with Gasteiger partial charge in [0.2, 0.25) is 5.95 Å². The van der Waals surface area contributed by atoms with Crippen LogP contribution in [0, 0.1) is 17.8 Å². The van der Waals surface area contributed by atoms with Gasteiger partial charge in [-0.1, -0.05) is 27.7 Å². The van der Waals surface area contributed by atoms with E-state index in [-0.39, 0.29) is 11.9 Å². The van der Waals surface area contributed by atoms with E-state index in [4.69, 9.17) is 4.74 Å². The van der Waals surface area contributed by atoms with E-state index in [1.54, 1.807) is 13.2 Å². The van der Waals surface area contributed by atoms with Gasteiger partial charge in [0.15, 0.2) is 0 Å². The highest BCUT2D eigenvalue weighted by Crippen LogP contribution is 2.42. The highest BCUT2D eigenvalue weighted by atomic mass is 19.1. The molecule has 0 atom stereocenters. The first-order chi connectivity index (χ1) is 9.63. The quantitative estimate of drug-likeness (QED) is 0.712. The summed E-state index contributed by atoms with van der Waals surface area (Å²) in [4.78, 5) is 3.77. The number of methoxy groups -OCH3 is 1. The third-order valence-corrected chi connectivity index (χ3v) is 4.24. The van der Waals surface area contributed by atoms with Crippen molar-refractivity contribution in [1.29, 1.82) is 0 Å². The van der Waals surface area contributed by atoms with Crippen molar-refractivity contribution in [1.82, 2.24) is 4.98 Å². The summed E-state index contributed by atoms with van der Waals surface area (Å²) in [6.45, 7) is 8.55. The molecular formula is C17H28FNO. The Morgan fingerprint density at radius 2 is 1.80 bits per heavy atom. The van der Waals surface area contributed by atoms with Gasteiger partial charge in [-0.25, -0.2) is 4.98 Å². The lowest BCUT2D eigenvalue weighted by Crippen LogP contribution is -2.19. The largest absolute Gasteiger partial charge is 0.496 e. The minimum atomic E-state index is -0.359. The summed E-state index contributed by atoms with van der Waals surface area (Å²) in [5, 5.41) is 0. The van der Waals surface area contributed by atoms with E-state index in [1.807, 2.05) is 13.8 Å². The minimum absolute atomic E-state index is 0.267. The molecule has 2 rings (SSSR count). The van der Waals surface area contributed by atoms with Crippen molar-refractivity contribution in [2.45, 2.75) is 59.3 Å². The molecule has 1 fully saturated rings. The standard InChI is InChI=1S/C15H22FNO.C2H6/c1-10(2)11-4-6-12(7-5-11)14-13(18-3)8-9-17-15(14)16;1-2/h8-12H,4-7H2,1-3H3;1-2H3. The second kappa shape index (κ2) is 8.23. The first-order valence-electron chi connectivity index (χ1n) is 7.81. The second-order valence-corrected chi connectivity index (χ2v) is 5.57. The fourth-order valence-electron chi connectivity index (χ4n) is 3.05. The van der Waals surface area contributed by atoms with Crippen LogP contribution in [0.25, 0.3) is 0 Å². The molecule has 0 unspecified atom stereocenters. The smallest absolute Gasteiger partial charge is 0.220 e. The van der Waals surface area contributed by atoms with Crippen molar-refractivity contribution in [2.24, 2.45) is 11.8 Å². The molecule has 0 N–H and O–H groups in total. The Morgan fingerprint density at radius 1 is 1.20 bits per heavy atom. The molecule has 0 amide bonds. The Morgan fingerprint density at radius 3 is 2.30 bits per heavy atom. The van der Waals surface area contributed by atoms with Gasteiger partial charge < -0.3 is 4.74 Å². The van der Waals surface area contributed by atoms with Crippen LogP contribution in [0.3, 0.4) is 0 Å². The van der Waals surface area contributed by atoms with Crippen molar-refractivity contribution >= 4 is 0 Å². The van der Waals surface area contributed by atoms with Crippen molar-refractivity contribution in [3.05, 3.63) is 23.8 Å². The maximum absolute atomic E-state index is 13.9. The maximum atomic E-state index is 13.9. The van der Waals surface area contributed by atoms with Crippen LogP contribution in [0.2, 0.25) is 0 Å². The number of aromatic nitrogens is 1. The Hall–Kier alpha value is -1.12. The van der Waals surface area contributed by atoms with Gasteiger partial charge in [-0.15, -0.1) is 0 Å². The van der Waals surface area contributed by atoms with Crippen LogP contribution in [0.15, 0.2) is 12.3 Å². The average Bonchev–Trinajstić information content (AvgIpc) is 2.49. The van der Waals surface area contributed by atoms with E-state index in [0.717, 1.165) is 24.7 Å². The fraction of sp³-hybridized carbons (Fsp3) is 0.706. The lowest BCUT2D eigenvalue weighted by Gasteiger charge is -2.31. The van der Waals surface area contributed by atoms with Crippen molar-refractivity contribution in [2.75, 3.05) is 7.11 Å². The molecule has 114 valence electrons. The lowest BCUT2D eigenvalue weighted by atomic mass is 9.75. The number of nitrogens with zero attached hydrogens (tertiary/aromatic N) is 1. The van der Waals surface area contributed by atoms with Crippen LogP contribution in [-0.2, 0) is 0 Å². The molecule has 0 spiro atoms. The SMILES string of the molecule is CC.COc1ccnc(F)c1C1CCC(C(C)C)CC1. The summed E-state index contributed by atoms with van der Waals surface area (Å²) in [5.41, 5.74) is 0.683. The molecule has 1 aliphatic rings. The fourth-order valence-corrected chi connectivity index (χ4v) is 3.05. The number of ether oxygens (including phenoxy) is 1. The predicted molar refractivity (Wildman–Crippen MR) is 81.6 cm³/mol. The van der Waals surface area contributed by atoms with E-state index in [2.05, 4.69) is 18.8 Å². The summed E-state index contributed by atoms with van der Waals surface area (Å²) in [7, 11) is 1.60. The van der Waals surface area contributed by atoms with Gasteiger partial charge in [0.1, 0.15) is 5.75 Å². The summed E-state index contributed by atoms with van der Waals surface area (Å²) in [6, 6.07) is 1.76. The number of halogens is 1. The number of rotatable bonds is 3. The summed E-state index contributed by atoms with van der Waals surface area (Å²) in [5.74, 6) is 2.07. The van der Waals surface area contributed by atoms with Crippen LogP contribution in [0.4, 0.5) is 4.39 Å². The minimum Gasteiger partial charge on any atom is -0.496 e. The molecule has 1 aromatic rings. The number of hydrogen-bond acceptors (Lipinski definition) is 2. The van der Waals surface area contributed by atoms with Crippen LogP contribution < -0.4 is 4.74 Å². The summed E-state index contributed by atoms with van der Waals surface area (Å²) >= 11 is 0. The van der Waals surface area contributed by atoms with Crippen LogP contribution in [0.1, 0.15) is 64.9 Å². The molecule has 0 saturated heterocycles. The topological polar surface area (TPSA) is 22.1 Å². The summed E-state index contributed by atoms with van der Waals surface area (Å²) < 4.78 is 19.2. The van der Waals surface area contributed by atoms with E-state index in [1.165, 1.54) is 19.0 Å². The maximum Gasteiger partial charge on any atom is 0.220 e. The Labute approximate surface area is 122 Å². The van der Waals surface area contributed by atoms with Crippen molar-refractivity contribution in [3.8, 4) is 5.75 Å². The van der Waals surface area contributed by atoms with E-state index >= 15 is 0 Å². The van der Waals surface area contributed by atoms with E-state index in [9.17, 15) is 4.39 Å². The van der Waals surface area contributed by atoms with E-state index < -0.39 is 0 Å². The van der Waals surface area contributed by atoms with Crippen LogP contribution in [-0.4, -0.2) is 12.1 Å². The molecule has 3 heteroatoms. The summed E-state index contributed by atoms with van der Waals surface area (Å²) in [6.07, 6.45) is 5.92. The zero-order valence-electron chi connectivity index (χ0n) is 13.4. The van der Waals surface area contributed by atoms with Crippen molar-refractivity contribution < 1.29 is 9.13 Å². The molecule has 0 aromatic carbocycles. The van der Waals surface area contributed by atoms with Gasteiger partial charge in [-0.2, -0.15) is 4.39 Å². The lowest BCUT2D eigenvalue weighted by molar-refractivity contribution is 0.252. The molecule has 0 aliphatic heterocycles. The van der Waals surface area contributed by atoms with E-state index in [0.29, 0.717) is 11.3 Å². The van der Waals surface area contributed by atoms with Crippen LogP contribution in [0.5, 0.6) is 5.75 Å². The molecular weight excluding hydrogens is 253 g/mol. The van der Waals surface area contributed by atoms with Gasteiger partial charge in [-0.05, 0) is 49.5 Å². The Bertz CT molecular complexity index is 398. The highest BCUT2D eigenvalue weighted by molar-refractivity contribution is 5.34. The Balaban J connectivity index is 0.000000956. The molecule has 2 nitrogen and oxygen atoms in total. The molecule has 20 heavy (non-hydrogen) atoms. The molecule has 1 aliphatic carbocycles. The van der Waals surface area contributed by atoms with Gasteiger partial charge in [0.25, 0.3) is 0 Å². The third kappa shape index (κ3) is 3.94. The average molecular weight is 281 g/mol. The molecule has 0 radical (unpaired) electrons. The van der Waals surface area contributed by atoms with Gasteiger partial charge >= 0.3 is 0 Å². The highest BCUT2D eigenvalue weighted by Gasteiger charge is 2.28. The first kappa shape index (κ1) is 16.9. The van der Waals surface area contributed by atoms with Gasteiger partial charge in [-0.3, -0.25) is 0 Å². The number of hydrogen-bond donors (Lipinski definition) is 0. The van der Waals surface area contributed by atoms with Crippen LogP contribution >= 0.6 is 0 Å². The molecule has 1 aromatic heterocycles. The molecule has 1 saturated carbocycles. The third-order valence-electron chi connectivity index (χ3n) is 4.24. The van der Waals surface area contributed by atoms with Gasteiger partial charge in [0, 0.05) is 6.20 Å². The predicted octanol–water partition coefficient (Wildman–Crippen LogP) is 5.19. The monoisotopic (exact) mass is 281 g/mol. The molecule has 0 bridgehead atoms. The zero-order chi connectivity index (χ0) is 15.1. The number of pyridine rings is 1. The van der Waals surface area contributed by atoms with Gasteiger partial charge in [0.05, 0.1) is 12.7 Å².